The predicted octanol–water partition coefficient (Wildman–Crippen LogP) is 0.852. The van der Waals surface area contributed by atoms with Gasteiger partial charge in [-0.05, 0) is 39.3 Å². The Morgan fingerprint density at radius 2 is 2.08 bits per heavy atom. The molecule has 0 fully saturated rings. The molecule has 0 aliphatic rings. The first-order valence-electron chi connectivity index (χ1n) is 4.58. The van der Waals surface area contributed by atoms with E-state index in [1.807, 2.05) is 13.8 Å². The first-order valence-corrected chi connectivity index (χ1v) is 5.97. The Kier molecular flexibility index (Phi) is 7.09. The summed E-state index contributed by atoms with van der Waals surface area (Å²) in [7, 11) is 1.79. The van der Waals surface area contributed by atoms with E-state index in [0.29, 0.717) is 0 Å². The van der Waals surface area contributed by atoms with Crippen LogP contribution in [-0.2, 0) is 4.79 Å². The summed E-state index contributed by atoms with van der Waals surface area (Å²) in [6, 6.07) is 0.174. The Balaban J connectivity index is 3.64. The van der Waals surface area contributed by atoms with E-state index < -0.39 is 0 Å². The van der Waals surface area contributed by atoms with Crippen LogP contribution in [0.5, 0.6) is 0 Å². The third kappa shape index (κ3) is 5.93. The van der Waals surface area contributed by atoms with Crippen molar-refractivity contribution in [1.82, 2.24) is 10.6 Å². The van der Waals surface area contributed by atoms with Gasteiger partial charge < -0.3 is 10.6 Å². The molecule has 0 rings (SSSR count). The molecule has 0 saturated carbocycles. The van der Waals surface area contributed by atoms with Crippen LogP contribution in [0.1, 0.15) is 20.3 Å². The average Bonchev–Trinajstić information content (AvgIpc) is 2.13. The van der Waals surface area contributed by atoms with Gasteiger partial charge >= 0.3 is 0 Å². The monoisotopic (exact) mass is 204 g/mol. The highest BCUT2D eigenvalue weighted by molar-refractivity contribution is 7.98. The molecular weight excluding hydrogens is 184 g/mol. The van der Waals surface area contributed by atoms with Gasteiger partial charge in [-0.15, -0.1) is 0 Å². The molecule has 0 radical (unpaired) electrons. The lowest BCUT2D eigenvalue weighted by molar-refractivity contribution is -0.123. The molecule has 2 atom stereocenters. The van der Waals surface area contributed by atoms with E-state index in [1.165, 1.54) is 0 Å². The van der Waals surface area contributed by atoms with Crippen LogP contribution in [0.3, 0.4) is 0 Å². The van der Waals surface area contributed by atoms with Gasteiger partial charge in [-0.2, -0.15) is 11.8 Å². The third-order valence-electron chi connectivity index (χ3n) is 1.97. The molecule has 78 valence electrons. The summed E-state index contributed by atoms with van der Waals surface area (Å²) in [5.74, 6) is 1.17. The lowest BCUT2D eigenvalue weighted by atomic mass is 10.2. The number of nitrogens with one attached hydrogen (secondary N) is 2. The zero-order valence-electron chi connectivity index (χ0n) is 8.89. The van der Waals surface area contributed by atoms with Crippen molar-refractivity contribution in [3.8, 4) is 0 Å². The zero-order valence-corrected chi connectivity index (χ0v) is 9.70. The molecule has 0 aliphatic heterocycles. The second-order valence-electron chi connectivity index (χ2n) is 3.20. The van der Waals surface area contributed by atoms with E-state index in [9.17, 15) is 4.79 Å². The fourth-order valence-corrected chi connectivity index (χ4v) is 1.45. The van der Waals surface area contributed by atoms with Crippen LogP contribution in [0.15, 0.2) is 0 Å². The summed E-state index contributed by atoms with van der Waals surface area (Å²) in [5.41, 5.74) is 0. The molecule has 0 aliphatic carbocycles. The maximum atomic E-state index is 11.4. The molecule has 13 heavy (non-hydrogen) atoms. The van der Waals surface area contributed by atoms with Gasteiger partial charge in [-0.25, -0.2) is 0 Å². The molecule has 4 heteroatoms. The maximum absolute atomic E-state index is 11.4. The molecular formula is C9H20N2OS. The van der Waals surface area contributed by atoms with Crippen LogP contribution < -0.4 is 10.6 Å². The summed E-state index contributed by atoms with van der Waals surface area (Å²) in [5, 5.41) is 5.86. The molecule has 0 aromatic heterocycles. The highest BCUT2D eigenvalue weighted by atomic mass is 32.2. The first-order chi connectivity index (χ1) is 6.11. The minimum absolute atomic E-state index is 0.0797. The van der Waals surface area contributed by atoms with Gasteiger partial charge in [0.25, 0.3) is 0 Å². The Labute approximate surface area is 85.0 Å². The van der Waals surface area contributed by atoms with E-state index in [2.05, 4.69) is 16.9 Å². The van der Waals surface area contributed by atoms with Gasteiger partial charge in [0, 0.05) is 6.04 Å². The van der Waals surface area contributed by atoms with Crippen LogP contribution in [0.2, 0.25) is 0 Å². The molecule has 1 amide bonds. The van der Waals surface area contributed by atoms with Crippen molar-refractivity contribution in [3.63, 3.8) is 0 Å². The Morgan fingerprint density at radius 1 is 1.46 bits per heavy atom. The summed E-state index contributed by atoms with van der Waals surface area (Å²) in [6.45, 7) is 3.90. The van der Waals surface area contributed by atoms with Gasteiger partial charge in [0.1, 0.15) is 0 Å². The fraction of sp³-hybridized carbons (Fsp3) is 0.889. The number of likely N-dealkylation sites (N-methyl/N-ethyl adjacent to an activating group) is 1. The molecule has 0 spiro atoms. The van der Waals surface area contributed by atoms with E-state index in [-0.39, 0.29) is 18.0 Å². The third-order valence-corrected chi connectivity index (χ3v) is 2.61. The number of amides is 1. The molecule has 0 bridgehead atoms. The second kappa shape index (κ2) is 7.21. The lowest BCUT2D eigenvalue weighted by Gasteiger charge is -2.16. The highest BCUT2D eigenvalue weighted by Gasteiger charge is 2.12. The average molecular weight is 204 g/mol. The quantitative estimate of drug-likeness (QED) is 0.674. The standard InChI is InChI=1S/C9H20N2OS/c1-7(5-6-13-4)11-9(12)8(2)10-3/h7-8,10H,5-6H2,1-4H3,(H,11,12)/t7?,8-/m0/s1. The Hall–Kier alpha value is -0.220. The number of rotatable bonds is 6. The molecule has 2 N–H and O–H groups in total. The van der Waals surface area contributed by atoms with Crippen molar-refractivity contribution in [2.24, 2.45) is 0 Å². The van der Waals surface area contributed by atoms with Crippen molar-refractivity contribution in [2.75, 3.05) is 19.1 Å². The maximum Gasteiger partial charge on any atom is 0.237 e. The largest absolute Gasteiger partial charge is 0.352 e. The molecule has 0 aromatic carbocycles. The minimum atomic E-state index is -0.100. The van der Waals surface area contributed by atoms with Crippen molar-refractivity contribution >= 4 is 17.7 Å². The first kappa shape index (κ1) is 12.8. The topological polar surface area (TPSA) is 41.1 Å². The van der Waals surface area contributed by atoms with Gasteiger partial charge in [-0.3, -0.25) is 4.79 Å². The van der Waals surface area contributed by atoms with Crippen LogP contribution in [0.4, 0.5) is 0 Å². The van der Waals surface area contributed by atoms with Crippen molar-refractivity contribution in [3.05, 3.63) is 0 Å². The van der Waals surface area contributed by atoms with Gasteiger partial charge in [-0.1, -0.05) is 0 Å². The van der Waals surface area contributed by atoms with E-state index in [0.717, 1.165) is 12.2 Å². The highest BCUT2D eigenvalue weighted by Crippen LogP contribution is 1.99. The Bertz CT molecular complexity index is 153. The number of carbonyl (C=O) groups excluding carboxylic acids is 1. The minimum Gasteiger partial charge on any atom is -0.352 e. The van der Waals surface area contributed by atoms with E-state index in [4.69, 9.17) is 0 Å². The van der Waals surface area contributed by atoms with Crippen molar-refractivity contribution < 1.29 is 4.79 Å². The van der Waals surface area contributed by atoms with Gasteiger partial charge in [0.2, 0.25) is 5.91 Å². The molecule has 3 nitrogen and oxygen atoms in total. The molecule has 0 saturated heterocycles. The van der Waals surface area contributed by atoms with Crippen LogP contribution in [-0.4, -0.2) is 37.0 Å². The normalized spacial score (nSPS) is 15.1. The van der Waals surface area contributed by atoms with Crippen LogP contribution in [0.25, 0.3) is 0 Å². The summed E-state index contributed by atoms with van der Waals surface area (Å²) in [6.07, 6.45) is 3.11. The predicted molar refractivity (Wildman–Crippen MR) is 59.1 cm³/mol. The van der Waals surface area contributed by atoms with Gasteiger partial charge in [0.05, 0.1) is 6.04 Å². The molecule has 1 unspecified atom stereocenters. The van der Waals surface area contributed by atoms with Crippen LogP contribution in [0, 0.1) is 0 Å². The number of carbonyl (C=O) groups is 1. The summed E-state index contributed by atoms with van der Waals surface area (Å²) in [4.78, 5) is 11.4. The van der Waals surface area contributed by atoms with E-state index in [1.54, 1.807) is 18.8 Å². The fourth-order valence-electron chi connectivity index (χ4n) is 0.866. The van der Waals surface area contributed by atoms with Crippen LogP contribution >= 0.6 is 11.8 Å². The summed E-state index contributed by atoms with van der Waals surface area (Å²) >= 11 is 1.80. The number of thioether (sulfide) groups is 1. The van der Waals surface area contributed by atoms with Gasteiger partial charge in [0.15, 0.2) is 0 Å². The van der Waals surface area contributed by atoms with E-state index >= 15 is 0 Å². The van der Waals surface area contributed by atoms with Crippen molar-refractivity contribution in [2.45, 2.75) is 32.4 Å². The number of hydrogen-bond acceptors (Lipinski definition) is 3. The molecule has 0 aromatic rings. The summed E-state index contributed by atoms with van der Waals surface area (Å²) < 4.78 is 0. The molecule has 0 heterocycles. The SMILES string of the molecule is CN[C@@H](C)C(=O)NC(C)CCSC. The zero-order chi connectivity index (χ0) is 10.3. The Morgan fingerprint density at radius 3 is 2.54 bits per heavy atom. The number of hydrogen-bond donors (Lipinski definition) is 2. The smallest absolute Gasteiger partial charge is 0.237 e. The lowest BCUT2D eigenvalue weighted by Crippen LogP contribution is -2.44. The van der Waals surface area contributed by atoms with Crippen molar-refractivity contribution in [1.29, 1.82) is 0 Å². The second-order valence-corrected chi connectivity index (χ2v) is 4.19.